The molecule has 4 heteroatoms. The lowest BCUT2D eigenvalue weighted by molar-refractivity contribution is 0.509. The molecule has 1 aromatic heterocycles. The Bertz CT molecular complexity index is 1640. The summed E-state index contributed by atoms with van der Waals surface area (Å²) in [5.41, 5.74) is 5.93. The third-order valence-electron chi connectivity index (χ3n) is 6.26. The number of rotatable bonds is 4. The number of fused-ring (bicyclic) bond motifs is 1. The van der Waals surface area contributed by atoms with E-state index >= 15 is 0 Å². The van der Waals surface area contributed by atoms with Gasteiger partial charge in [0.1, 0.15) is 0 Å². The molecule has 0 saturated heterocycles. The summed E-state index contributed by atoms with van der Waals surface area (Å²) in [7, 11) is 0. The van der Waals surface area contributed by atoms with Gasteiger partial charge >= 0.3 is 0 Å². The van der Waals surface area contributed by atoms with E-state index in [1.165, 1.54) is 6.07 Å². The normalized spacial score (nSPS) is 11.1. The maximum absolute atomic E-state index is 14.0. The van der Waals surface area contributed by atoms with Crippen LogP contribution >= 0.6 is 0 Å². The fourth-order valence-corrected chi connectivity index (χ4v) is 4.50. The van der Waals surface area contributed by atoms with Crippen LogP contribution in [0.15, 0.2) is 121 Å². The first-order valence-corrected chi connectivity index (χ1v) is 11.6. The highest BCUT2D eigenvalue weighted by atomic mass is 19.2. The summed E-state index contributed by atoms with van der Waals surface area (Å²) >= 11 is 0. The molecule has 172 valence electrons. The van der Waals surface area contributed by atoms with Crippen molar-refractivity contribution in [3.05, 3.63) is 133 Å². The Labute approximate surface area is 207 Å². The number of benzene rings is 5. The first-order valence-electron chi connectivity index (χ1n) is 11.6. The van der Waals surface area contributed by atoms with Crippen LogP contribution in [0.5, 0.6) is 0 Å². The highest BCUT2D eigenvalue weighted by Gasteiger charge is 2.15. The Morgan fingerprint density at radius 1 is 0.417 bits per heavy atom. The van der Waals surface area contributed by atoms with E-state index in [0.717, 1.165) is 50.5 Å². The van der Waals surface area contributed by atoms with Gasteiger partial charge in [0.2, 0.25) is 0 Å². The summed E-state index contributed by atoms with van der Waals surface area (Å²) in [6.45, 7) is 0. The molecule has 1 heterocycles. The summed E-state index contributed by atoms with van der Waals surface area (Å²) in [6, 6.07) is 37.8. The van der Waals surface area contributed by atoms with Crippen LogP contribution in [0.25, 0.3) is 55.8 Å². The van der Waals surface area contributed by atoms with Crippen LogP contribution in [-0.4, -0.2) is 9.97 Å². The van der Waals surface area contributed by atoms with Gasteiger partial charge in [-0.25, -0.2) is 18.7 Å². The quantitative estimate of drug-likeness (QED) is 0.258. The van der Waals surface area contributed by atoms with E-state index in [4.69, 9.17) is 9.97 Å². The van der Waals surface area contributed by atoms with Gasteiger partial charge in [-0.3, -0.25) is 0 Å². The van der Waals surface area contributed by atoms with E-state index in [1.54, 1.807) is 6.07 Å². The molecule has 0 unspecified atom stereocenters. The van der Waals surface area contributed by atoms with Gasteiger partial charge < -0.3 is 0 Å². The third-order valence-corrected chi connectivity index (χ3v) is 6.26. The van der Waals surface area contributed by atoms with Gasteiger partial charge in [-0.1, -0.05) is 103 Å². The van der Waals surface area contributed by atoms with E-state index in [0.29, 0.717) is 11.4 Å². The smallest absolute Gasteiger partial charge is 0.160 e. The van der Waals surface area contributed by atoms with E-state index in [9.17, 15) is 8.78 Å². The molecule has 36 heavy (non-hydrogen) atoms. The largest absolute Gasteiger partial charge is 0.228 e. The second-order valence-corrected chi connectivity index (χ2v) is 8.53. The molecule has 0 saturated carbocycles. The maximum atomic E-state index is 14.0. The second-order valence-electron chi connectivity index (χ2n) is 8.53. The van der Waals surface area contributed by atoms with Crippen molar-refractivity contribution in [1.29, 1.82) is 0 Å². The van der Waals surface area contributed by atoms with Crippen molar-refractivity contribution >= 4 is 10.8 Å². The maximum Gasteiger partial charge on any atom is 0.160 e. The Balaban J connectivity index is 1.58. The van der Waals surface area contributed by atoms with Gasteiger partial charge in [-0.15, -0.1) is 0 Å². The Hall–Kier alpha value is -4.70. The molecular weight excluding hydrogens is 450 g/mol. The highest BCUT2D eigenvalue weighted by molar-refractivity contribution is 6.04. The lowest BCUT2D eigenvalue weighted by atomic mass is 9.93. The van der Waals surface area contributed by atoms with Gasteiger partial charge in [0.25, 0.3) is 0 Å². The van der Waals surface area contributed by atoms with Crippen molar-refractivity contribution in [3.8, 4) is 45.0 Å². The summed E-state index contributed by atoms with van der Waals surface area (Å²) < 4.78 is 27.6. The Kier molecular flexibility index (Phi) is 5.55. The molecule has 0 spiro atoms. The van der Waals surface area contributed by atoms with Crippen molar-refractivity contribution in [2.75, 3.05) is 0 Å². The Morgan fingerprint density at radius 2 is 1.00 bits per heavy atom. The molecule has 0 aliphatic rings. The number of hydrogen-bond donors (Lipinski definition) is 0. The summed E-state index contributed by atoms with van der Waals surface area (Å²) in [6.07, 6.45) is 0. The molecule has 0 fully saturated rings. The van der Waals surface area contributed by atoms with Crippen molar-refractivity contribution < 1.29 is 8.78 Å². The molecule has 0 N–H and O–H groups in total. The van der Waals surface area contributed by atoms with Gasteiger partial charge in [0.15, 0.2) is 17.5 Å². The minimum Gasteiger partial charge on any atom is -0.228 e. The van der Waals surface area contributed by atoms with Gasteiger partial charge in [-0.2, -0.15) is 0 Å². The van der Waals surface area contributed by atoms with Crippen LogP contribution in [0.3, 0.4) is 0 Å². The van der Waals surface area contributed by atoms with Crippen LogP contribution < -0.4 is 0 Å². The predicted molar refractivity (Wildman–Crippen MR) is 141 cm³/mol. The molecule has 0 amide bonds. The number of aromatic nitrogens is 2. The van der Waals surface area contributed by atoms with Gasteiger partial charge in [0.05, 0.1) is 11.4 Å². The fourth-order valence-electron chi connectivity index (χ4n) is 4.50. The summed E-state index contributed by atoms with van der Waals surface area (Å²) in [5, 5.41) is 1.90. The van der Waals surface area contributed by atoms with Crippen LogP contribution in [-0.2, 0) is 0 Å². The monoisotopic (exact) mass is 470 g/mol. The Morgan fingerprint density at radius 3 is 1.69 bits per heavy atom. The third kappa shape index (κ3) is 4.03. The summed E-state index contributed by atoms with van der Waals surface area (Å²) in [4.78, 5) is 9.83. The lowest BCUT2D eigenvalue weighted by Crippen LogP contribution is -1.96. The standard InChI is InChI=1S/C32H20F2N2/c33-28-18-15-23(19-29(28)34)24-16-17-27(26-14-8-7-13-25(24)26)31-20-30(21-9-3-1-4-10-21)35-32(36-31)22-11-5-2-6-12-22/h1-20H. The van der Waals surface area contributed by atoms with E-state index in [1.807, 2.05) is 103 Å². The van der Waals surface area contributed by atoms with Crippen LogP contribution in [0.4, 0.5) is 8.78 Å². The molecule has 6 rings (SSSR count). The zero-order chi connectivity index (χ0) is 24.5. The molecule has 0 aliphatic heterocycles. The first-order chi connectivity index (χ1) is 17.7. The van der Waals surface area contributed by atoms with Crippen molar-refractivity contribution in [2.45, 2.75) is 0 Å². The average molecular weight is 471 g/mol. The molecule has 0 bridgehead atoms. The van der Waals surface area contributed by atoms with Crippen LogP contribution in [0, 0.1) is 11.6 Å². The van der Waals surface area contributed by atoms with Crippen molar-refractivity contribution in [3.63, 3.8) is 0 Å². The van der Waals surface area contributed by atoms with Gasteiger partial charge in [-0.05, 0) is 40.1 Å². The molecule has 2 nitrogen and oxygen atoms in total. The molecule has 0 atom stereocenters. The van der Waals surface area contributed by atoms with Crippen LogP contribution in [0.1, 0.15) is 0 Å². The fraction of sp³-hybridized carbons (Fsp3) is 0. The van der Waals surface area contributed by atoms with E-state index < -0.39 is 11.6 Å². The topological polar surface area (TPSA) is 25.8 Å². The van der Waals surface area contributed by atoms with Crippen molar-refractivity contribution in [1.82, 2.24) is 9.97 Å². The minimum atomic E-state index is -0.864. The van der Waals surface area contributed by atoms with Crippen molar-refractivity contribution in [2.24, 2.45) is 0 Å². The van der Waals surface area contributed by atoms with Gasteiger partial charge in [0, 0.05) is 16.7 Å². The van der Waals surface area contributed by atoms with E-state index in [-0.39, 0.29) is 0 Å². The summed E-state index contributed by atoms with van der Waals surface area (Å²) in [5.74, 6) is -1.08. The lowest BCUT2D eigenvalue weighted by Gasteiger charge is -2.14. The average Bonchev–Trinajstić information content (AvgIpc) is 2.95. The molecule has 0 radical (unpaired) electrons. The zero-order valence-corrected chi connectivity index (χ0v) is 19.2. The number of hydrogen-bond acceptors (Lipinski definition) is 2. The molecular formula is C32H20F2N2. The highest BCUT2D eigenvalue weighted by Crippen LogP contribution is 2.37. The molecule has 6 aromatic rings. The second kappa shape index (κ2) is 9.16. The van der Waals surface area contributed by atoms with Crippen LogP contribution in [0.2, 0.25) is 0 Å². The predicted octanol–water partition coefficient (Wildman–Crippen LogP) is 8.58. The molecule has 5 aromatic carbocycles. The number of nitrogens with zero attached hydrogens (tertiary/aromatic N) is 2. The SMILES string of the molecule is Fc1ccc(-c2ccc(-c3cc(-c4ccccc4)nc(-c4ccccc4)n3)c3ccccc23)cc1F. The zero-order valence-electron chi connectivity index (χ0n) is 19.2. The first kappa shape index (κ1) is 21.8. The molecule has 0 aliphatic carbocycles. The van der Waals surface area contributed by atoms with E-state index in [2.05, 4.69) is 0 Å². The number of halogens is 2. The minimum absolute atomic E-state index is 0.620.